The Bertz CT molecular complexity index is 787. The number of furan rings is 1. The van der Waals surface area contributed by atoms with Gasteiger partial charge in [0.05, 0.1) is 0 Å². The zero-order valence-corrected chi connectivity index (χ0v) is 12.2. The topological polar surface area (TPSA) is 39.4 Å². The Kier molecular flexibility index (Phi) is 3.67. The highest BCUT2D eigenvalue weighted by atomic mass is 35.5. The first kappa shape index (κ1) is 13.7. The minimum absolute atomic E-state index is 0.0689. The van der Waals surface area contributed by atoms with Crippen LogP contribution in [0.4, 0.5) is 0 Å². The lowest BCUT2D eigenvalue weighted by Crippen LogP contribution is -2.10. The van der Waals surface area contributed by atoms with Crippen molar-refractivity contribution in [3.63, 3.8) is 0 Å². The molecule has 2 aromatic carbocycles. The zero-order valence-electron chi connectivity index (χ0n) is 11.4. The number of hydrogen-bond acceptors (Lipinski definition) is 3. The fourth-order valence-corrected chi connectivity index (χ4v) is 2.22. The van der Waals surface area contributed by atoms with Crippen molar-refractivity contribution in [3.05, 3.63) is 64.9 Å². The maximum Gasteiger partial charge on any atom is 0.235 e. The third-order valence-electron chi connectivity index (χ3n) is 3.20. The van der Waals surface area contributed by atoms with E-state index < -0.39 is 0 Å². The first-order valence-corrected chi connectivity index (χ1v) is 6.92. The lowest BCUT2D eigenvalue weighted by molar-refractivity contribution is 0.0896. The van der Waals surface area contributed by atoms with E-state index in [4.69, 9.17) is 20.8 Å². The molecule has 106 valence electrons. The summed E-state index contributed by atoms with van der Waals surface area (Å²) in [4.78, 5) is 12.1. The highest BCUT2D eigenvalue weighted by Crippen LogP contribution is 2.23. The van der Waals surface area contributed by atoms with E-state index >= 15 is 0 Å². The van der Waals surface area contributed by atoms with E-state index in [9.17, 15) is 4.79 Å². The molecule has 0 aliphatic heterocycles. The van der Waals surface area contributed by atoms with Crippen LogP contribution >= 0.6 is 11.6 Å². The molecule has 0 atom stereocenters. The lowest BCUT2D eigenvalue weighted by atomic mass is 10.2. The van der Waals surface area contributed by atoms with Gasteiger partial charge in [-0.3, -0.25) is 4.79 Å². The standard InChI is InChI=1S/C17H13ClO3/c1-11-3-2-4-12-9-16(21-17(11)12)15(19)10-20-14-7-5-13(18)6-8-14/h2-9H,10H2,1H3. The minimum atomic E-state index is -0.194. The largest absolute Gasteiger partial charge is 0.485 e. The third kappa shape index (κ3) is 2.93. The second kappa shape index (κ2) is 5.62. The molecular weight excluding hydrogens is 288 g/mol. The van der Waals surface area contributed by atoms with E-state index in [2.05, 4.69) is 0 Å². The normalized spacial score (nSPS) is 10.8. The van der Waals surface area contributed by atoms with Crippen LogP contribution in [0.3, 0.4) is 0 Å². The van der Waals surface area contributed by atoms with Crippen molar-refractivity contribution in [3.8, 4) is 5.75 Å². The highest BCUT2D eigenvalue weighted by molar-refractivity contribution is 6.30. The van der Waals surface area contributed by atoms with Gasteiger partial charge in [0, 0.05) is 10.4 Å². The zero-order chi connectivity index (χ0) is 14.8. The van der Waals surface area contributed by atoms with E-state index in [0.29, 0.717) is 16.5 Å². The van der Waals surface area contributed by atoms with Crippen LogP contribution in [0.15, 0.2) is 52.9 Å². The number of hydrogen-bond donors (Lipinski definition) is 0. The van der Waals surface area contributed by atoms with Gasteiger partial charge in [0.25, 0.3) is 0 Å². The molecule has 0 saturated heterocycles. The maximum absolute atomic E-state index is 12.1. The number of halogens is 1. The molecule has 0 aliphatic carbocycles. The predicted molar refractivity (Wildman–Crippen MR) is 82.2 cm³/mol. The number of carbonyl (C=O) groups is 1. The molecule has 0 amide bonds. The van der Waals surface area contributed by atoms with Crippen LogP contribution in [0.2, 0.25) is 5.02 Å². The van der Waals surface area contributed by atoms with Gasteiger partial charge in [0.1, 0.15) is 11.3 Å². The Morgan fingerprint density at radius 3 is 2.67 bits per heavy atom. The summed E-state index contributed by atoms with van der Waals surface area (Å²) in [6.07, 6.45) is 0. The van der Waals surface area contributed by atoms with Crippen molar-refractivity contribution >= 4 is 28.4 Å². The average Bonchev–Trinajstić information content (AvgIpc) is 2.92. The Hall–Kier alpha value is -2.26. The van der Waals surface area contributed by atoms with Crippen LogP contribution in [-0.4, -0.2) is 12.4 Å². The Labute approximate surface area is 127 Å². The molecular formula is C17H13ClO3. The van der Waals surface area contributed by atoms with Gasteiger partial charge in [-0.05, 0) is 42.8 Å². The molecule has 1 aromatic heterocycles. The summed E-state index contributed by atoms with van der Waals surface area (Å²) >= 11 is 5.79. The van der Waals surface area contributed by atoms with Crippen LogP contribution in [0.1, 0.15) is 16.1 Å². The Morgan fingerprint density at radius 1 is 1.19 bits per heavy atom. The van der Waals surface area contributed by atoms with E-state index in [0.717, 1.165) is 16.5 Å². The number of benzene rings is 2. The van der Waals surface area contributed by atoms with Gasteiger partial charge in [0.15, 0.2) is 12.4 Å². The van der Waals surface area contributed by atoms with Gasteiger partial charge in [-0.1, -0.05) is 29.8 Å². The van der Waals surface area contributed by atoms with Crippen molar-refractivity contribution in [2.24, 2.45) is 0 Å². The van der Waals surface area contributed by atoms with Crippen molar-refractivity contribution in [2.75, 3.05) is 6.61 Å². The molecule has 4 heteroatoms. The molecule has 3 aromatic rings. The summed E-state index contributed by atoms with van der Waals surface area (Å²) in [7, 11) is 0. The smallest absolute Gasteiger partial charge is 0.235 e. The number of carbonyl (C=O) groups excluding carboxylic acids is 1. The van der Waals surface area contributed by atoms with Crippen LogP contribution in [0.5, 0.6) is 5.75 Å². The predicted octanol–water partition coefficient (Wildman–Crippen LogP) is 4.66. The van der Waals surface area contributed by atoms with Gasteiger partial charge in [0.2, 0.25) is 5.78 Å². The fourth-order valence-electron chi connectivity index (χ4n) is 2.10. The first-order valence-electron chi connectivity index (χ1n) is 6.54. The SMILES string of the molecule is Cc1cccc2cc(C(=O)COc3ccc(Cl)cc3)oc12. The summed E-state index contributed by atoms with van der Waals surface area (Å²) in [5.41, 5.74) is 1.75. The second-order valence-electron chi connectivity index (χ2n) is 4.77. The van der Waals surface area contributed by atoms with Crippen molar-refractivity contribution in [1.82, 2.24) is 0 Å². The summed E-state index contributed by atoms with van der Waals surface area (Å²) in [5.74, 6) is 0.717. The number of aryl methyl sites for hydroxylation is 1. The van der Waals surface area contributed by atoms with Gasteiger partial charge < -0.3 is 9.15 Å². The maximum atomic E-state index is 12.1. The molecule has 3 nitrogen and oxygen atoms in total. The highest BCUT2D eigenvalue weighted by Gasteiger charge is 2.14. The van der Waals surface area contributed by atoms with Crippen molar-refractivity contribution < 1.29 is 13.9 Å². The number of Topliss-reactive ketones (excluding diaryl/α,β-unsaturated/α-hetero) is 1. The molecule has 0 spiro atoms. The second-order valence-corrected chi connectivity index (χ2v) is 5.21. The molecule has 0 radical (unpaired) electrons. The Balaban J connectivity index is 1.75. The minimum Gasteiger partial charge on any atom is -0.485 e. The van der Waals surface area contributed by atoms with Gasteiger partial charge in [-0.2, -0.15) is 0 Å². The molecule has 21 heavy (non-hydrogen) atoms. The number of rotatable bonds is 4. The van der Waals surface area contributed by atoms with Gasteiger partial charge in [-0.15, -0.1) is 0 Å². The molecule has 0 aliphatic rings. The molecule has 1 heterocycles. The fraction of sp³-hybridized carbons (Fsp3) is 0.118. The summed E-state index contributed by atoms with van der Waals surface area (Å²) < 4.78 is 11.1. The number of para-hydroxylation sites is 1. The Morgan fingerprint density at radius 2 is 1.95 bits per heavy atom. The number of ketones is 1. The average molecular weight is 301 g/mol. The van der Waals surface area contributed by atoms with E-state index in [1.54, 1.807) is 30.3 Å². The molecule has 3 rings (SSSR count). The number of fused-ring (bicyclic) bond motifs is 1. The molecule has 0 N–H and O–H groups in total. The van der Waals surface area contributed by atoms with Crippen LogP contribution in [0, 0.1) is 6.92 Å². The first-order chi connectivity index (χ1) is 10.1. The van der Waals surface area contributed by atoms with Crippen molar-refractivity contribution in [1.29, 1.82) is 0 Å². The molecule has 0 bridgehead atoms. The molecule has 0 saturated carbocycles. The van der Waals surface area contributed by atoms with E-state index in [1.807, 2.05) is 25.1 Å². The van der Waals surface area contributed by atoms with Crippen molar-refractivity contribution in [2.45, 2.75) is 6.92 Å². The van der Waals surface area contributed by atoms with Gasteiger partial charge in [-0.25, -0.2) is 0 Å². The monoisotopic (exact) mass is 300 g/mol. The molecule has 0 unspecified atom stereocenters. The van der Waals surface area contributed by atoms with Crippen LogP contribution in [-0.2, 0) is 0 Å². The quantitative estimate of drug-likeness (QED) is 0.658. The summed E-state index contributed by atoms with van der Waals surface area (Å²) in [6, 6.07) is 14.4. The summed E-state index contributed by atoms with van der Waals surface area (Å²) in [5, 5.41) is 1.55. The third-order valence-corrected chi connectivity index (χ3v) is 3.45. The summed E-state index contributed by atoms with van der Waals surface area (Å²) in [6.45, 7) is 1.88. The molecule has 0 fully saturated rings. The number of ether oxygens (including phenoxy) is 1. The van der Waals surface area contributed by atoms with E-state index in [-0.39, 0.29) is 12.4 Å². The van der Waals surface area contributed by atoms with Crippen LogP contribution in [0.25, 0.3) is 11.0 Å². The van der Waals surface area contributed by atoms with Crippen LogP contribution < -0.4 is 4.74 Å². The van der Waals surface area contributed by atoms with E-state index in [1.165, 1.54) is 0 Å². The lowest BCUT2D eigenvalue weighted by Gasteiger charge is -2.03. The van der Waals surface area contributed by atoms with Gasteiger partial charge >= 0.3 is 0 Å².